The molecular formula is C18H24N4O3. The number of hydrogen-bond acceptors (Lipinski definition) is 4. The molecule has 1 atom stereocenters. The molecule has 0 radical (unpaired) electrons. The van der Waals surface area contributed by atoms with Crippen molar-refractivity contribution in [1.29, 1.82) is 0 Å². The Balaban J connectivity index is 1.51. The first-order chi connectivity index (χ1) is 12.1. The van der Waals surface area contributed by atoms with E-state index in [0.717, 1.165) is 37.3 Å². The number of amides is 2. The van der Waals surface area contributed by atoms with Crippen LogP contribution in [0.4, 0.5) is 10.5 Å². The van der Waals surface area contributed by atoms with Crippen molar-refractivity contribution in [2.75, 3.05) is 26.1 Å². The molecule has 2 heterocycles. The van der Waals surface area contributed by atoms with Gasteiger partial charge >= 0.3 is 6.03 Å². The summed E-state index contributed by atoms with van der Waals surface area (Å²) in [7, 11) is 3.39. The van der Waals surface area contributed by atoms with Crippen LogP contribution in [0.15, 0.2) is 36.7 Å². The third-order valence-electron chi connectivity index (χ3n) is 4.22. The van der Waals surface area contributed by atoms with Crippen LogP contribution in [0.5, 0.6) is 5.75 Å². The number of hydrogen-bond donors (Lipinski definition) is 1. The van der Waals surface area contributed by atoms with Crippen LogP contribution >= 0.6 is 0 Å². The molecule has 3 rings (SSSR count). The molecule has 1 aliphatic heterocycles. The van der Waals surface area contributed by atoms with Gasteiger partial charge in [-0.3, -0.25) is 4.68 Å². The Hall–Kier alpha value is -2.54. The molecule has 7 nitrogen and oxygen atoms in total. The maximum Gasteiger partial charge on any atom is 0.321 e. The molecular weight excluding hydrogens is 320 g/mol. The van der Waals surface area contributed by atoms with E-state index in [2.05, 4.69) is 10.4 Å². The molecule has 25 heavy (non-hydrogen) atoms. The number of ether oxygens (including phenoxy) is 2. The number of nitrogens with zero attached hydrogens (tertiary/aromatic N) is 3. The van der Waals surface area contributed by atoms with E-state index in [4.69, 9.17) is 9.47 Å². The second-order valence-corrected chi connectivity index (χ2v) is 6.22. The standard InChI is InChI=1S/C18H24N4O3/c1-21(11-14-5-7-16(24-2)8-6-14)18(23)20-15-10-19-22(12-15)13-17-4-3-9-25-17/h5-8,10,12,17H,3-4,9,11,13H2,1-2H3,(H,20,23). The second kappa shape index (κ2) is 8.02. The van der Waals surface area contributed by atoms with Crippen LogP contribution in [0.1, 0.15) is 18.4 Å². The Bertz CT molecular complexity index is 693. The first kappa shape index (κ1) is 17.3. The topological polar surface area (TPSA) is 68.6 Å². The highest BCUT2D eigenvalue weighted by atomic mass is 16.5. The average Bonchev–Trinajstić information content (AvgIpc) is 3.28. The number of aromatic nitrogens is 2. The van der Waals surface area contributed by atoms with E-state index in [-0.39, 0.29) is 12.1 Å². The Morgan fingerprint density at radius 3 is 2.92 bits per heavy atom. The highest BCUT2D eigenvalue weighted by molar-refractivity contribution is 5.88. The number of carbonyl (C=O) groups excluding carboxylic acids is 1. The van der Waals surface area contributed by atoms with Gasteiger partial charge in [0.1, 0.15) is 5.75 Å². The van der Waals surface area contributed by atoms with Gasteiger partial charge in [-0.25, -0.2) is 4.79 Å². The number of methoxy groups -OCH3 is 1. The van der Waals surface area contributed by atoms with Gasteiger partial charge in [-0.1, -0.05) is 12.1 Å². The minimum atomic E-state index is -0.174. The van der Waals surface area contributed by atoms with Crippen molar-refractivity contribution in [1.82, 2.24) is 14.7 Å². The van der Waals surface area contributed by atoms with Crippen LogP contribution in [0, 0.1) is 0 Å². The van der Waals surface area contributed by atoms with Crippen LogP contribution in [0.25, 0.3) is 0 Å². The smallest absolute Gasteiger partial charge is 0.321 e. The molecule has 2 amide bonds. The lowest BCUT2D eigenvalue weighted by Gasteiger charge is -2.17. The van der Waals surface area contributed by atoms with Crippen LogP contribution in [0.2, 0.25) is 0 Å². The Labute approximate surface area is 147 Å². The largest absolute Gasteiger partial charge is 0.497 e. The monoisotopic (exact) mass is 344 g/mol. The molecule has 134 valence electrons. The molecule has 7 heteroatoms. The summed E-state index contributed by atoms with van der Waals surface area (Å²) in [6, 6.07) is 7.49. The van der Waals surface area contributed by atoms with Crippen LogP contribution in [0.3, 0.4) is 0 Å². The maximum atomic E-state index is 12.3. The zero-order valence-electron chi connectivity index (χ0n) is 14.6. The number of benzene rings is 1. The van der Waals surface area contributed by atoms with Gasteiger partial charge in [-0.2, -0.15) is 5.10 Å². The molecule has 0 bridgehead atoms. The summed E-state index contributed by atoms with van der Waals surface area (Å²) in [5, 5.41) is 7.15. The van der Waals surface area contributed by atoms with Crippen molar-refractivity contribution in [2.24, 2.45) is 0 Å². The van der Waals surface area contributed by atoms with Crippen molar-refractivity contribution in [3.8, 4) is 5.75 Å². The van der Waals surface area contributed by atoms with E-state index in [1.165, 1.54) is 0 Å². The van der Waals surface area contributed by atoms with E-state index in [9.17, 15) is 4.79 Å². The third-order valence-corrected chi connectivity index (χ3v) is 4.22. The highest BCUT2D eigenvalue weighted by Gasteiger charge is 2.17. The van der Waals surface area contributed by atoms with Gasteiger partial charge < -0.3 is 19.7 Å². The molecule has 1 aliphatic rings. The van der Waals surface area contributed by atoms with E-state index < -0.39 is 0 Å². The first-order valence-electron chi connectivity index (χ1n) is 8.43. The van der Waals surface area contributed by atoms with Gasteiger partial charge in [0.2, 0.25) is 0 Å². The molecule has 0 spiro atoms. The SMILES string of the molecule is COc1ccc(CN(C)C(=O)Nc2cnn(CC3CCCO3)c2)cc1. The lowest BCUT2D eigenvalue weighted by atomic mass is 10.2. The van der Waals surface area contributed by atoms with Gasteiger partial charge in [0.15, 0.2) is 0 Å². The lowest BCUT2D eigenvalue weighted by molar-refractivity contribution is 0.0940. The van der Waals surface area contributed by atoms with Gasteiger partial charge in [0.25, 0.3) is 0 Å². The maximum absolute atomic E-state index is 12.3. The van der Waals surface area contributed by atoms with E-state index in [0.29, 0.717) is 12.2 Å². The summed E-state index contributed by atoms with van der Waals surface area (Å²) >= 11 is 0. The molecule has 1 aromatic heterocycles. The van der Waals surface area contributed by atoms with E-state index in [1.807, 2.05) is 35.1 Å². The molecule has 1 saturated heterocycles. The van der Waals surface area contributed by atoms with Crippen molar-refractivity contribution < 1.29 is 14.3 Å². The number of nitrogens with one attached hydrogen (secondary N) is 1. The van der Waals surface area contributed by atoms with Crippen molar-refractivity contribution >= 4 is 11.7 Å². The van der Waals surface area contributed by atoms with Crippen LogP contribution in [-0.2, 0) is 17.8 Å². The Kier molecular flexibility index (Phi) is 5.55. The Morgan fingerprint density at radius 2 is 2.24 bits per heavy atom. The number of anilines is 1. The fraction of sp³-hybridized carbons (Fsp3) is 0.444. The van der Waals surface area contributed by atoms with Crippen molar-refractivity contribution in [3.05, 3.63) is 42.2 Å². The van der Waals surface area contributed by atoms with Crippen LogP contribution < -0.4 is 10.1 Å². The van der Waals surface area contributed by atoms with Gasteiger partial charge in [0.05, 0.1) is 31.6 Å². The van der Waals surface area contributed by atoms with Gasteiger partial charge in [0, 0.05) is 26.4 Å². The predicted octanol–water partition coefficient (Wildman–Crippen LogP) is 2.73. The molecule has 0 saturated carbocycles. The summed E-state index contributed by atoms with van der Waals surface area (Å²) < 4.78 is 12.6. The second-order valence-electron chi connectivity index (χ2n) is 6.22. The molecule has 2 aromatic rings. The summed E-state index contributed by atoms with van der Waals surface area (Å²) in [4.78, 5) is 13.9. The third kappa shape index (κ3) is 4.73. The minimum absolute atomic E-state index is 0.174. The predicted molar refractivity (Wildman–Crippen MR) is 94.7 cm³/mol. The zero-order chi connectivity index (χ0) is 17.6. The van der Waals surface area contributed by atoms with E-state index >= 15 is 0 Å². The molecule has 1 aromatic carbocycles. The minimum Gasteiger partial charge on any atom is -0.497 e. The summed E-state index contributed by atoms with van der Waals surface area (Å²) in [6.45, 7) is 2.06. The molecule has 1 fully saturated rings. The summed E-state index contributed by atoms with van der Waals surface area (Å²) in [5.74, 6) is 0.800. The fourth-order valence-electron chi connectivity index (χ4n) is 2.82. The number of urea groups is 1. The fourth-order valence-corrected chi connectivity index (χ4v) is 2.82. The highest BCUT2D eigenvalue weighted by Crippen LogP contribution is 2.16. The molecule has 1 unspecified atom stereocenters. The van der Waals surface area contributed by atoms with Gasteiger partial charge in [-0.15, -0.1) is 0 Å². The van der Waals surface area contributed by atoms with Crippen molar-refractivity contribution in [2.45, 2.75) is 32.0 Å². The summed E-state index contributed by atoms with van der Waals surface area (Å²) in [5.41, 5.74) is 1.72. The number of rotatable bonds is 6. The summed E-state index contributed by atoms with van der Waals surface area (Å²) in [6.07, 6.45) is 5.88. The van der Waals surface area contributed by atoms with Crippen LogP contribution in [-0.4, -0.2) is 47.6 Å². The molecule has 1 N–H and O–H groups in total. The van der Waals surface area contributed by atoms with Crippen molar-refractivity contribution in [3.63, 3.8) is 0 Å². The zero-order valence-corrected chi connectivity index (χ0v) is 14.6. The quantitative estimate of drug-likeness (QED) is 0.875. The van der Waals surface area contributed by atoms with Gasteiger partial charge in [-0.05, 0) is 30.5 Å². The average molecular weight is 344 g/mol. The Morgan fingerprint density at radius 1 is 1.44 bits per heavy atom. The molecule has 0 aliphatic carbocycles. The first-order valence-corrected chi connectivity index (χ1v) is 8.43. The number of carbonyl (C=O) groups is 1. The normalized spacial score (nSPS) is 16.6. The van der Waals surface area contributed by atoms with E-state index in [1.54, 1.807) is 25.3 Å². The lowest BCUT2D eigenvalue weighted by Crippen LogP contribution is -2.30.